The van der Waals surface area contributed by atoms with Gasteiger partial charge in [-0.25, -0.2) is 4.79 Å². The lowest BCUT2D eigenvalue weighted by atomic mass is 9.95. The smallest absolute Gasteiger partial charge is 0.411 e. The Balaban J connectivity index is 1.87. The standard InChI is InChI=1S/C26H27N3O2/c1-26(2,3)31-25(30)29(18-19-8-5-4-6-9-19)24(21-12-15-27-16-13-21)22-11-7-10-20-14-17-28-23(20)22/h4-17,24,28H,18H2,1-3H3. The van der Waals surface area contributed by atoms with Crippen LogP contribution in [0.3, 0.4) is 0 Å². The minimum Gasteiger partial charge on any atom is -0.444 e. The maximum Gasteiger partial charge on any atom is 0.411 e. The van der Waals surface area contributed by atoms with Crippen LogP contribution in [0.5, 0.6) is 0 Å². The van der Waals surface area contributed by atoms with Crippen molar-refractivity contribution in [3.8, 4) is 0 Å². The summed E-state index contributed by atoms with van der Waals surface area (Å²) < 4.78 is 5.85. The third-order valence-electron chi connectivity index (χ3n) is 5.07. The molecule has 0 radical (unpaired) electrons. The van der Waals surface area contributed by atoms with Crippen LogP contribution in [-0.4, -0.2) is 26.6 Å². The van der Waals surface area contributed by atoms with Gasteiger partial charge < -0.3 is 9.72 Å². The van der Waals surface area contributed by atoms with Gasteiger partial charge in [0.2, 0.25) is 0 Å². The van der Waals surface area contributed by atoms with E-state index in [0.717, 1.165) is 27.6 Å². The highest BCUT2D eigenvalue weighted by Gasteiger charge is 2.32. The molecule has 0 bridgehead atoms. The predicted molar refractivity (Wildman–Crippen MR) is 123 cm³/mol. The Morgan fingerprint density at radius 3 is 2.45 bits per heavy atom. The van der Waals surface area contributed by atoms with Crippen LogP contribution in [0, 0.1) is 0 Å². The fraction of sp³-hybridized carbons (Fsp3) is 0.231. The van der Waals surface area contributed by atoms with Crippen LogP contribution >= 0.6 is 0 Å². The molecule has 1 amide bonds. The number of hydrogen-bond donors (Lipinski definition) is 1. The molecule has 0 aliphatic carbocycles. The van der Waals surface area contributed by atoms with Gasteiger partial charge in [-0.1, -0.05) is 48.5 Å². The molecule has 2 aromatic heterocycles. The molecule has 0 saturated heterocycles. The van der Waals surface area contributed by atoms with E-state index in [-0.39, 0.29) is 12.1 Å². The van der Waals surface area contributed by atoms with Crippen LogP contribution in [0.1, 0.15) is 43.5 Å². The average molecular weight is 414 g/mol. The van der Waals surface area contributed by atoms with Gasteiger partial charge in [-0.05, 0) is 55.5 Å². The highest BCUT2D eigenvalue weighted by molar-refractivity contribution is 5.84. The number of amides is 1. The van der Waals surface area contributed by atoms with Crippen molar-refractivity contribution in [2.24, 2.45) is 0 Å². The normalized spacial score (nSPS) is 12.5. The third kappa shape index (κ3) is 4.77. The Kier molecular flexibility index (Phi) is 5.76. The maximum absolute atomic E-state index is 13.5. The Morgan fingerprint density at radius 2 is 1.74 bits per heavy atom. The molecule has 0 spiro atoms. The summed E-state index contributed by atoms with van der Waals surface area (Å²) in [6.45, 7) is 6.08. The number of nitrogens with zero attached hydrogens (tertiary/aromatic N) is 2. The molecule has 0 aliphatic rings. The lowest BCUT2D eigenvalue weighted by Crippen LogP contribution is -2.39. The molecule has 4 aromatic rings. The van der Waals surface area contributed by atoms with Gasteiger partial charge in [0.1, 0.15) is 5.60 Å². The number of pyridine rings is 1. The Hall–Kier alpha value is -3.60. The molecule has 31 heavy (non-hydrogen) atoms. The van der Waals surface area contributed by atoms with Crippen molar-refractivity contribution in [2.45, 2.75) is 39.0 Å². The lowest BCUT2D eigenvalue weighted by Gasteiger charge is -2.34. The first kappa shape index (κ1) is 20.7. The topological polar surface area (TPSA) is 58.2 Å². The molecule has 0 saturated carbocycles. The van der Waals surface area contributed by atoms with Crippen LogP contribution in [0.15, 0.2) is 85.3 Å². The number of nitrogens with one attached hydrogen (secondary N) is 1. The number of aromatic amines is 1. The van der Waals surface area contributed by atoms with E-state index in [1.165, 1.54) is 0 Å². The number of ether oxygens (including phenoxy) is 1. The maximum atomic E-state index is 13.5. The number of carbonyl (C=O) groups excluding carboxylic acids is 1. The highest BCUT2D eigenvalue weighted by atomic mass is 16.6. The Bertz CT molecular complexity index is 1150. The summed E-state index contributed by atoms with van der Waals surface area (Å²) in [5.74, 6) is 0. The predicted octanol–water partition coefficient (Wildman–Crippen LogP) is 6.09. The summed E-state index contributed by atoms with van der Waals surface area (Å²) in [5.41, 5.74) is 3.42. The van der Waals surface area contributed by atoms with E-state index in [4.69, 9.17) is 4.74 Å². The fourth-order valence-electron chi connectivity index (χ4n) is 3.77. The summed E-state index contributed by atoms with van der Waals surface area (Å²) in [5, 5.41) is 1.10. The van der Waals surface area contributed by atoms with Gasteiger partial charge in [-0.3, -0.25) is 9.88 Å². The quantitative estimate of drug-likeness (QED) is 0.431. The lowest BCUT2D eigenvalue weighted by molar-refractivity contribution is 0.0172. The second-order valence-electron chi connectivity index (χ2n) is 8.57. The number of rotatable bonds is 5. The highest BCUT2D eigenvalue weighted by Crippen LogP contribution is 2.35. The van der Waals surface area contributed by atoms with E-state index >= 15 is 0 Å². The van der Waals surface area contributed by atoms with E-state index in [1.807, 2.05) is 81.6 Å². The summed E-state index contributed by atoms with van der Waals surface area (Å²) in [6.07, 6.45) is 5.08. The zero-order valence-electron chi connectivity index (χ0n) is 18.1. The molecule has 0 aliphatic heterocycles. The zero-order chi connectivity index (χ0) is 21.8. The third-order valence-corrected chi connectivity index (χ3v) is 5.07. The molecule has 2 heterocycles. The Morgan fingerprint density at radius 1 is 1.00 bits per heavy atom. The Labute approximate surface area is 182 Å². The van der Waals surface area contributed by atoms with Gasteiger partial charge in [0.25, 0.3) is 0 Å². The van der Waals surface area contributed by atoms with Crippen molar-refractivity contribution in [1.29, 1.82) is 0 Å². The van der Waals surface area contributed by atoms with Gasteiger partial charge in [0, 0.05) is 30.7 Å². The van der Waals surface area contributed by atoms with Crippen LogP contribution in [0.2, 0.25) is 0 Å². The molecule has 5 nitrogen and oxygen atoms in total. The van der Waals surface area contributed by atoms with Crippen molar-refractivity contribution in [3.05, 3.63) is 102 Å². The van der Waals surface area contributed by atoms with Gasteiger partial charge in [0.15, 0.2) is 0 Å². The minimum atomic E-state index is -0.604. The van der Waals surface area contributed by atoms with E-state index in [0.29, 0.717) is 6.54 Å². The number of hydrogen-bond acceptors (Lipinski definition) is 3. The molecule has 2 aromatic carbocycles. The molecular formula is C26H27N3O2. The summed E-state index contributed by atoms with van der Waals surface area (Å²) in [6, 6.07) is 21.7. The van der Waals surface area contributed by atoms with Crippen molar-refractivity contribution >= 4 is 17.0 Å². The van der Waals surface area contributed by atoms with E-state index < -0.39 is 5.60 Å². The largest absolute Gasteiger partial charge is 0.444 e. The number of carbonyl (C=O) groups is 1. The van der Waals surface area contributed by atoms with E-state index in [9.17, 15) is 4.79 Å². The average Bonchev–Trinajstić information content (AvgIpc) is 3.23. The first-order valence-electron chi connectivity index (χ1n) is 10.4. The number of H-pyrrole nitrogens is 1. The number of aromatic nitrogens is 2. The fourth-order valence-corrected chi connectivity index (χ4v) is 3.77. The number of benzene rings is 2. The first-order chi connectivity index (χ1) is 14.9. The minimum absolute atomic E-state index is 0.347. The second kappa shape index (κ2) is 8.64. The van der Waals surface area contributed by atoms with Gasteiger partial charge in [-0.15, -0.1) is 0 Å². The van der Waals surface area contributed by atoms with Crippen LogP contribution in [0.4, 0.5) is 4.79 Å². The number of fused-ring (bicyclic) bond motifs is 1. The molecule has 1 unspecified atom stereocenters. The SMILES string of the molecule is CC(C)(C)OC(=O)N(Cc1ccccc1)C(c1ccncc1)c1cccc2cc[nH]c12. The van der Waals surface area contributed by atoms with Crippen LogP contribution in [-0.2, 0) is 11.3 Å². The van der Waals surface area contributed by atoms with Gasteiger partial charge in [0.05, 0.1) is 11.6 Å². The monoisotopic (exact) mass is 413 g/mol. The van der Waals surface area contributed by atoms with Crippen molar-refractivity contribution < 1.29 is 9.53 Å². The van der Waals surface area contributed by atoms with Gasteiger partial charge in [-0.2, -0.15) is 0 Å². The zero-order valence-corrected chi connectivity index (χ0v) is 18.1. The summed E-state index contributed by atoms with van der Waals surface area (Å²) >= 11 is 0. The van der Waals surface area contributed by atoms with Gasteiger partial charge >= 0.3 is 6.09 Å². The summed E-state index contributed by atoms with van der Waals surface area (Å²) in [4.78, 5) is 22.8. The van der Waals surface area contributed by atoms with Crippen molar-refractivity contribution in [2.75, 3.05) is 0 Å². The van der Waals surface area contributed by atoms with Crippen molar-refractivity contribution in [1.82, 2.24) is 14.9 Å². The van der Waals surface area contributed by atoms with E-state index in [2.05, 4.69) is 22.1 Å². The van der Waals surface area contributed by atoms with Crippen LogP contribution in [0.25, 0.3) is 10.9 Å². The molecule has 4 rings (SSSR count). The van der Waals surface area contributed by atoms with Crippen molar-refractivity contribution in [3.63, 3.8) is 0 Å². The molecule has 1 atom stereocenters. The van der Waals surface area contributed by atoms with Crippen LogP contribution < -0.4 is 0 Å². The van der Waals surface area contributed by atoms with E-state index in [1.54, 1.807) is 17.3 Å². The summed E-state index contributed by atoms with van der Waals surface area (Å²) in [7, 11) is 0. The molecule has 0 fully saturated rings. The number of para-hydroxylation sites is 1. The molecule has 5 heteroatoms. The molecule has 158 valence electrons. The second-order valence-corrected chi connectivity index (χ2v) is 8.57. The molecular weight excluding hydrogens is 386 g/mol. The molecule has 1 N–H and O–H groups in total. The first-order valence-corrected chi connectivity index (χ1v) is 10.4.